The molecule has 1 amide bonds. The zero-order valence-corrected chi connectivity index (χ0v) is 11.9. The van der Waals surface area contributed by atoms with Gasteiger partial charge in [0.1, 0.15) is 5.69 Å². The lowest BCUT2D eigenvalue weighted by atomic mass is 10.3. The zero-order chi connectivity index (χ0) is 13.4. The minimum atomic E-state index is 0.0377. The molecule has 3 heterocycles. The van der Waals surface area contributed by atoms with Gasteiger partial charge in [0.25, 0.3) is 5.91 Å². The van der Waals surface area contributed by atoms with Crippen LogP contribution in [0, 0.1) is 13.8 Å². The Balaban J connectivity index is 1.70. The maximum absolute atomic E-state index is 12.3. The van der Waals surface area contributed by atoms with Gasteiger partial charge in [-0.3, -0.25) is 9.48 Å². The first-order chi connectivity index (χ1) is 9.13. The van der Waals surface area contributed by atoms with E-state index < -0.39 is 0 Å². The largest absolute Gasteiger partial charge is 0.335 e. The Bertz CT molecular complexity index is 603. The molecule has 1 aliphatic rings. The van der Waals surface area contributed by atoms with Crippen molar-refractivity contribution in [3.05, 3.63) is 34.0 Å². The summed E-state index contributed by atoms with van der Waals surface area (Å²) in [6, 6.07) is 0.289. The molecule has 0 N–H and O–H groups in total. The molecule has 1 unspecified atom stereocenters. The molecule has 0 saturated carbocycles. The van der Waals surface area contributed by atoms with Gasteiger partial charge < -0.3 is 4.90 Å². The summed E-state index contributed by atoms with van der Waals surface area (Å²) in [6.07, 6.45) is 4.84. The molecule has 3 rings (SSSR count). The number of amides is 1. The van der Waals surface area contributed by atoms with E-state index in [2.05, 4.69) is 10.1 Å². The lowest BCUT2D eigenvalue weighted by Gasteiger charge is -2.15. The van der Waals surface area contributed by atoms with Gasteiger partial charge in [-0.05, 0) is 25.8 Å². The maximum Gasteiger partial charge on any atom is 0.273 e. The van der Waals surface area contributed by atoms with Gasteiger partial charge in [0.2, 0.25) is 0 Å². The van der Waals surface area contributed by atoms with E-state index in [1.165, 1.54) is 11.3 Å². The molecule has 19 heavy (non-hydrogen) atoms. The topological polar surface area (TPSA) is 51.0 Å². The minimum Gasteiger partial charge on any atom is -0.335 e. The van der Waals surface area contributed by atoms with Gasteiger partial charge in [-0.25, -0.2) is 4.98 Å². The summed E-state index contributed by atoms with van der Waals surface area (Å²) in [5, 5.41) is 7.10. The van der Waals surface area contributed by atoms with Crippen molar-refractivity contribution in [3.8, 4) is 0 Å². The van der Waals surface area contributed by atoms with E-state index in [-0.39, 0.29) is 11.9 Å². The second-order valence-corrected chi connectivity index (χ2v) is 6.01. The monoisotopic (exact) mass is 276 g/mol. The number of aromatic nitrogens is 3. The summed E-state index contributed by atoms with van der Waals surface area (Å²) in [7, 11) is 0. The highest BCUT2D eigenvalue weighted by Gasteiger charge is 2.29. The molecule has 1 fully saturated rings. The van der Waals surface area contributed by atoms with Crippen molar-refractivity contribution < 1.29 is 4.79 Å². The van der Waals surface area contributed by atoms with Gasteiger partial charge in [-0.2, -0.15) is 5.10 Å². The molecule has 2 aromatic rings. The second kappa shape index (κ2) is 4.77. The number of nitrogens with zero attached hydrogens (tertiary/aromatic N) is 4. The molecule has 1 saturated heterocycles. The van der Waals surface area contributed by atoms with Crippen LogP contribution in [0.25, 0.3) is 0 Å². The fourth-order valence-corrected chi connectivity index (χ4v) is 2.99. The third-order valence-corrected chi connectivity index (χ3v) is 4.17. The van der Waals surface area contributed by atoms with E-state index in [4.69, 9.17) is 0 Å². The Morgan fingerprint density at radius 1 is 1.47 bits per heavy atom. The van der Waals surface area contributed by atoms with Crippen LogP contribution < -0.4 is 0 Å². The van der Waals surface area contributed by atoms with Crippen molar-refractivity contribution in [2.24, 2.45) is 0 Å². The molecule has 1 atom stereocenters. The molecule has 0 spiro atoms. The molecular weight excluding hydrogens is 260 g/mol. The highest BCUT2D eigenvalue weighted by atomic mass is 32.1. The third kappa shape index (κ3) is 2.40. The van der Waals surface area contributed by atoms with Gasteiger partial charge in [-0.15, -0.1) is 11.3 Å². The summed E-state index contributed by atoms with van der Waals surface area (Å²) in [5.41, 5.74) is 1.72. The van der Waals surface area contributed by atoms with E-state index in [9.17, 15) is 4.79 Å². The van der Waals surface area contributed by atoms with Crippen molar-refractivity contribution in [2.45, 2.75) is 26.3 Å². The van der Waals surface area contributed by atoms with Crippen LogP contribution in [0.5, 0.6) is 0 Å². The fraction of sp³-hybridized carbons (Fsp3) is 0.462. The van der Waals surface area contributed by atoms with Crippen LogP contribution in [0.15, 0.2) is 17.8 Å². The average Bonchev–Trinajstić information content (AvgIpc) is 3.07. The number of carbonyl (C=O) groups is 1. The number of rotatable bonds is 2. The molecule has 6 heteroatoms. The molecule has 1 aliphatic heterocycles. The normalized spacial score (nSPS) is 19.1. The van der Waals surface area contributed by atoms with Gasteiger partial charge in [-0.1, -0.05) is 0 Å². The molecule has 2 aromatic heterocycles. The number of likely N-dealkylation sites (tertiary alicyclic amines) is 1. The first kappa shape index (κ1) is 12.3. The number of carbonyl (C=O) groups excluding carboxylic acids is 1. The van der Waals surface area contributed by atoms with Crippen molar-refractivity contribution in [3.63, 3.8) is 0 Å². The van der Waals surface area contributed by atoms with E-state index in [0.29, 0.717) is 5.69 Å². The third-order valence-electron chi connectivity index (χ3n) is 3.39. The molecular formula is C13H16N4OS. The molecule has 100 valence electrons. The Labute approximate surface area is 115 Å². The lowest BCUT2D eigenvalue weighted by molar-refractivity contribution is 0.0782. The van der Waals surface area contributed by atoms with E-state index in [1.807, 2.05) is 41.2 Å². The van der Waals surface area contributed by atoms with Crippen LogP contribution in [-0.4, -0.2) is 38.7 Å². The van der Waals surface area contributed by atoms with Crippen molar-refractivity contribution in [1.29, 1.82) is 0 Å². The number of hydrogen-bond acceptors (Lipinski definition) is 4. The summed E-state index contributed by atoms with van der Waals surface area (Å²) < 4.78 is 1.97. The first-order valence-corrected chi connectivity index (χ1v) is 7.23. The Morgan fingerprint density at radius 3 is 2.95 bits per heavy atom. The Hall–Kier alpha value is -1.69. The molecule has 5 nitrogen and oxygen atoms in total. The van der Waals surface area contributed by atoms with Crippen molar-refractivity contribution in [2.75, 3.05) is 13.1 Å². The number of aryl methyl sites for hydroxylation is 2. The van der Waals surface area contributed by atoms with Crippen LogP contribution in [0.4, 0.5) is 0 Å². The quantitative estimate of drug-likeness (QED) is 0.843. The van der Waals surface area contributed by atoms with Gasteiger partial charge in [0.15, 0.2) is 0 Å². The van der Waals surface area contributed by atoms with E-state index in [1.54, 1.807) is 0 Å². The van der Waals surface area contributed by atoms with Crippen LogP contribution >= 0.6 is 11.3 Å². The summed E-state index contributed by atoms with van der Waals surface area (Å²) in [4.78, 5) is 18.4. The lowest BCUT2D eigenvalue weighted by Crippen LogP contribution is -2.29. The molecule has 0 radical (unpaired) electrons. The summed E-state index contributed by atoms with van der Waals surface area (Å²) >= 11 is 1.52. The number of hydrogen-bond donors (Lipinski definition) is 0. The van der Waals surface area contributed by atoms with E-state index in [0.717, 1.165) is 30.1 Å². The smallest absolute Gasteiger partial charge is 0.273 e. The molecule has 0 aromatic carbocycles. The first-order valence-electron chi connectivity index (χ1n) is 6.35. The zero-order valence-electron chi connectivity index (χ0n) is 11.0. The van der Waals surface area contributed by atoms with Gasteiger partial charge >= 0.3 is 0 Å². The van der Waals surface area contributed by atoms with E-state index >= 15 is 0 Å². The molecule has 0 aliphatic carbocycles. The summed E-state index contributed by atoms with van der Waals surface area (Å²) in [5.74, 6) is 0.0377. The Kier molecular flexibility index (Phi) is 3.10. The predicted molar refractivity (Wildman–Crippen MR) is 73.4 cm³/mol. The van der Waals surface area contributed by atoms with Gasteiger partial charge in [0.05, 0.1) is 17.2 Å². The highest BCUT2D eigenvalue weighted by molar-refractivity contribution is 7.09. The maximum atomic E-state index is 12.3. The average molecular weight is 276 g/mol. The second-order valence-electron chi connectivity index (χ2n) is 4.94. The predicted octanol–water partition coefficient (Wildman–Crippen LogP) is 2.04. The summed E-state index contributed by atoms with van der Waals surface area (Å²) in [6.45, 7) is 5.44. The Morgan fingerprint density at radius 2 is 2.32 bits per heavy atom. The SMILES string of the molecule is Cc1cnn(C2CCN(C(=O)c3csc(C)n3)C2)c1. The standard InChI is InChI=1S/C13H16N4OS/c1-9-5-14-17(6-9)11-3-4-16(7-11)13(18)12-8-19-10(2)15-12/h5-6,8,11H,3-4,7H2,1-2H3. The molecule has 0 bridgehead atoms. The number of thiazole rings is 1. The van der Waals surface area contributed by atoms with Crippen LogP contribution in [0.2, 0.25) is 0 Å². The van der Waals surface area contributed by atoms with Gasteiger partial charge in [0, 0.05) is 24.7 Å². The van der Waals surface area contributed by atoms with Crippen LogP contribution in [-0.2, 0) is 0 Å². The van der Waals surface area contributed by atoms with Crippen LogP contribution in [0.3, 0.4) is 0 Å². The van der Waals surface area contributed by atoms with Crippen molar-refractivity contribution >= 4 is 17.2 Å². The highest BCUT2D eigenvalue weighted by Crippen LogP contribution is 2.23. The minimum absolute atomic E-state index is 0.0377. The van der Waals surface area contributed by atoms with Crippen LogP contribution in [0.1, 0.15) is 33.5 Å². The van der Waals surface area contributed by atoms with Crippen molar-refractivity contribution in [1.82, 2.24) is 19.7 Å². The fourth-order valence-electron chi connectivity index (χ4n) is 2.40.